The zero-order valence-electron chi connectivity index (χ0n) is 12.0. The van der Waals surface area contributed by atoms with E-state index in [-0.39, 0.29) is 6.04 Å². The maximum atomic E-state index is 5.89. The summed E-state index contributed by atoms with van der Waals surface area (Å²) in [5.74, 6) is 0.934. The van der Waals surface area contributed by atoms with Crippen molar-refractivity contribution in [2.24, 2.45) is 5.73 Å². The largest absolute Gasteiger partial charge is 0.494 e. The third-order valence-corrected chi connectivity index (χ3v) is 3.27. The second-order valence-corrected chi connectivity index (χ2v) is 4.93. The van der Waals surface area contributed by atoms with Gasteiger partial charge in [-0.15, -0.1) is 0 Å². The van der Waals surface area contributed by atoms with E-state index in [2.05, 4.69) is 44.9 Å². The number of hydrogen-bond donors (Lipinski definition) is 1. The number of nitrogens with two attached hydrogens (primary N) is 1. The van der Waals surface area contributed by atoms with Crippen LogP contribution in [-0.4, -0.2) is 31.1 Å². The Morgan fingerprint density at radius 1 is 1.22 bits per heavy atom. The molecule has 0 aliphatic heterocycles. The van der Waals surface area contributed by atoms with Gasteiger partial charge in [0.05, 0.1) is 6.61 Å². The first kappa shape index (κ1) is 15.0. The summed E-state index contributed by atoms with van der Waals surface area (Å²) in [7, 11) is 2.11. The van der Waals surface area contributed by atoms with Gasteiger partial charge >= 0.3 is 0 Å². The van der Waals surface area contributed by atoms with Gasteiger partial charge in [-0.25, -0.2) is 0 Å². The molecule has 0 radical (unpaired) electrons. The van der Waals surface area contributed by atoms with Gasteiger partial charge in [0.2, 0.25) is 0 Å². The van der Waals surface area contributed by atoms with E-state index in [1.807, 2.05) is 12.1 Å². The number of rotatable bonds is 7. The van der Waals surface area contributed by atoms with Gasteiger partial charge in [0, 0.05) is 18.6 Å². The molecule has 1 unspecified atom stereocenters. The summed E-state index contributed by atoms with van der Waals surface area (Å²) in [5.41, 5.74) is 7.14. The first-order chi connectivity index (χ1) is 8.60. The van der Waals surface area contributed by atoms with Crippen LogP contribution in [0, 0.1) is 0 Å². The molecule has 1 aromatic rings. The summed E-state index contributed by atoms with van der Waals surface area (Å²) in [5, 5.41) is 0. The van der Waals surface area contributed by atoms with Gasteiger partial charge < -0.3 is 10.5 Å². The standard InChI is InChI=1S/C15H26N2O/c1-5-10-18-14-8-6-13(7-9-14)15(11-16)17(4)12(2)3/h6-9,12,15H,5,10-11,16H2,1-4H3. The van der Waals surface area contributed by atoms with Crippen molar-refractivity contribution in [2.45, 2.75) is 39.3 Å². The number of nitrogens with zero attached hydrogens (tertiary/aromatic N) is 1. The number of benzene rings is 1. The lowest BCUT2D eigenvalue weighted by Gasteiger charge is -2.30. The fourth-order valence-corrected chi connectivity index (χ4v) is 1.90. The molecule has 2 N–H and O–H groups in total. The summed E-state index contributed by atoms with van der Waals surface area (Å²) < 4.78 is 5.59. The Labute approximate surface area is 111 Å². The van der Waals surface area contributed by atoms with Crippen LogP contribution in [0.3, 0.4) is 0 Å². The Morgan fingerprint density at radius 3 is 2.28 bits per heavy atom. The van der Waals surface area contributed by atoms with E-state index < -0.39 is 0 Å². The lowest BCUT2D eigenvalue weighted by atomic mass is 10.0. The molecule has 0 bridgehead atoms. The molecule has 0 fully saturated rings. The zero-order valence-corrected chi connectivity index (χ0v) is 12.0. The molecule has 0 heterocycles. The molecule has 1 rings (SSSR count). The number of likely N-dealkylation sites (N-methyl/N-ethyl adjacent to an activating group) is 1. The van der Waals surface area contributed by atoms with Gasteiger partial charge in [0.15, 0.2) is 0 Å². The summed E-state index contributed by atoms with van der Waals surface area (Å²) in [6.07, 6.45) is 1.03. The average Bonchev–Trinajstić information content (AvgIpc) is 2.38. The second kappa shape index (κ2) is 7.39. The lowest BCUT2D eigenvalue weighted by Crippen LogP contribution is -2.35. The summed E-state index contributed by atoms with van der Waals surface area (Å²) in [4.78, 5) is 2.29. The van der Waals surface area contributed by atoms with E-state index in [0.29, 0.717) is 12.6 Å². The molecule has 102 valence electrons. The number of hydrogen-bond acceptors (Lipinski definition) is 3. The molecule has 0 saturated carbocycles. The van der Waals surface area contributed by atoms with Gasteiger partial charge in [-0.1, -0.05) is 19.1 Å². The van der Waals surface area contributed by atoms with Crippen LogP contribution in [0.15, 0.2) is 24.3 Å². The molecule has 0 aliphatic rings. The van der Waals surface area contributed by atoms with Crippen LogP contribution in [-0.2, 0) is 0 Å². The van der Waals surface area contributed by atoms with E-state index >= 15 is 0 Å². The van der Waals surface area contributed by atoms with Crippen LogP contribution in [0.25, 0.3) is 0 Å². The molecule has 0 aliphatic carbocycles. The third-order valence-electron chi connectivity index (χ3n) is 3.27. The predicted molar refractivity (Wildman–Crippen MR) is 76.9 cm³/mol. The monoisotopic (exact) mass is 250 g/mol. The lowest BCUT2D eigenvalue weighted by molar-refractivity contribution is 0.201. The Bertz CT molecular complexity index is 335. The summed E-state index contributed by atoms with van der Waals surface area (Å²) >= 11 is 0. The average molecular weight is 250 g/mol. The molecule has 3 nitrogen and oxygen atoms in total. The Kier molecular flexibility index (Phi) is 6.16. The molecule has 0 spiro atoms. The Hall–Kier alpha value is -1.06. The van der Waals surface area contributed by atoms with Crippen molar-refractivity contribution >= 4 is 0 Å². The van der Waals surface area contributed by atoms with Crippen LogP contribution in [0.1, 0.15) is 38.8 Å². The minimum atomic E-state index is 0.269. The highest BCUT2D eigenvalue weighted by Gasteiger charge is 2.17. The van der Waals surface area contributed by atoms with Gasteiger partial charge in [0.1, 0.15) is 5.75 Å². The quantitative estimate of drug-likeness (QED) is 0.808. The molecule has 0 amide bonds. The summed E-state index contributed by atoms with van der Waals surface area (Å²) in [6.45, 7) is 7.87. The van der Waals surface area contributed by atoms with Crippen molar-refractivity contribution in [3.63, 3.8) is 0 Å². The maximum absolute atomic E-state index is 5.89. The van der Waals surface area contributed by atoms with Gasteiger partial charge in [-0.2, -0.15) is 0 Å². The second-order valence-electron chi connectivity index (χ2n) is 4.93. The molecule has 0 aromatic heterocycles. The fraction of sp³-hybridized carbons (Fsp3) is 0.600. The first-order valence-corrected chi connectivity index (χ1v) is 6.74. The van der Waals surface area contributed by atoms with Crippen LogP contribution >= 0.6 is 0 Å². The van der Waals surface area contributed by atoms with Gasteiger partial charge in [0.25, 0.3) is 0 Å². The van der Waals surface area contributed by atoms with E-state index in [1.165, 1.54) is 5.56 Å². The zero-order chi connectivity index (χ0) is 13.5. The molecule has 0 saturated heterocycles. The molecular formula is C15H26N2O. The first-order valence-electron chi connectivity index (χ1n) is 6.74. The SMILES string of the molecule is CCCOc1ccc(C(CN)N(C)C(C)C)cc1. The van der Waals surface area contributed by atoms with Crippen LogP contribution in [0.4, 0.5) is 0 Å². The highest BCUT2D eigenvalue weighted by molar-refractivity contribution is 5.29. The number of ether oxygens (including phenoxy) is 1. The molecule has 1 aromatic carbocycles. The van der Waals surface area contributed by atoms with Gasteiger partial charge in [-0.05, 0) is 45.0 Å². The van der Waals surface area contributed by atoms with Crippen molar-refractivity contribution in [2.75, 3.05) is 20.2 Å². The molecule has 3 heteroatoms. The van der Waals surface area contributed by atoms with Crippen LogP contribution in [0.5, 0.6) is 5.75 Å². The van der Waals surface area contributed by atoms with Crippen LogP contribution in [0.2, 0.25) is 0 Å². The maximum Gasteiger partial charge on any atom is 0.119 e. The van der Waals surface area contributed by atoms with Crippen molar-refractivity contribution in [3.8, 4) is 5.75 Å². The fourth-order valence-electron chi connectivity index (χ4n) is 1.90. The molecule has 18 heavy (non-hydrogen) atoms. The predicted octanol–water partition coefficient (Wildman–Crippen LogP) is 2.82. The molecular weight excluding hydrogens is 224 g/mol. The highest BCUT2D eigenvalue weighted by atomic mass is 16.5. The van der Waals surface area contributed by atoms with E-state index in [1.54, 1.807) is 0 Å². The van der Waals surface area contributed by atoms with Crippen LogP contribution < -0.4 is 10.5 Å². The van der Waals surface area contributed by atoms with E-state index in [4.69, 9.17) is 10.5 Å². The van der Waals surface area contributed by atoms with Crippen molar-refractivity contribution in [3.05, 3.63) is 29.8 Å². The Balaban J connectivity index is 2.75. The topological polar surface area (TPSA) is 38.5 Å². The summed E-state index contributed by atoms with van der Waals surface area (Å²) in [6, 6.07) is 9.03. The van der Waals surface area contributed by atoms with E-state index in [0.717, 1.165) is 18.8 Å². The minimum absolute atomic E-state index is 0.269. The Morgan fingerprint density at radius 2 is 1.83 bits per heavy atom. The highest BCUT2D eigenvalue weighted by Crippen LogP contribution is 2.22. The van der Waals surface area contributed by atoms with Crippen molar-refractivity contribution < 1.29 is 4.74 Å². The minimum Gasteiger partial charge on any atom is -0.494 e. The van der Waals surface area contributed by atoms with Gasteiger partial charge in [-0.3, -0.25) is 4.90 Å². The van der Waals surface area contributed by atoms with Crippen molar-refractivity contribution in [1.82, 2.24) is 4.90 Å². The van der Waals surface area contributed by atoms with Crippen molar-refractivity contribution in [1.29, 1.82) is 0 Å². The smallest absolute Gasteiger partial charge is 0.119 e. The van der Waals surface area contributed by atoms with E-state index in [9.17, 15) is 0 Å². The molecule has 1 atom stereocenters. The third kappa shape index (κ3) is 4.00. The normalized spacial score (nSPS) is 13.1.